The highest BCUT2D eigenvalue weighted by molar-refractivity contribution is 6.07. The Hall–Kier alpha value is -3.27. The Bertz CT molecular complexity index is 1040. The summed E-state index contributed by atoms with van der Waals surface area (Å²) < 4.78 is 13.5. The van der Waals surface area contributed by atoms with Crippen LogP contribution in [-0.2, 0) is 4.79 Å². The van der Waals surface area contributed by atoms with Crippen molar-refractivity contribution in [2.24, 2.45) is 4.99 Å². The summed E-state index contributed by atoms with van der Waals surface area (Å²) in [4.78, 5) is 19.3. The molecule has 1 atom stereocenters. The van der Waals surface area contributed by atoms with E-state index in [0.717, 1.165) is 28.2 Å². The summed E-state index contributed by atoms with van der Waals surface area (Å²) in [6.07, 6.45) is 0.545. The maximum absolute atomic E-state index is 13.5. The Morgan fingerprint density at radius 1 is 1.00 bits per heavy atom. The standard InChI is InChI=1S/C24H21FN2O/c1-16-7-9-18(10-8-16)22-15-24(19-11-13-20(25)14-12-19)27(17(2)28)23-6-4-3-5-21(23)26-22/h3-14,24H,15H2,1-2H3/t24-/m0/s1. The second-order valence-electron chi connectivity index (χ2n) is 7.07. The fourth-order valence-corrected chi connectivity index (χ4v) is 3.67. The molecule has 3 aromatic carbocycles. The number of carbonyl (C=O) groups excluding carboxylic acids is 1. The van der Waals surface area contributed by atoms with Gasteiger partial charge < -0.3 is 4.90 Å². The molecule has 3 nitrogen and oxygen atoms in total. The molecule has 28 heavy (non-hydrogen) atoms. The van der Waals surface area contributed by atoms with Gasteiger partial charge in [0, 0.05) is 13.3 Å². The lowest BCUT2D eigenvalue weighted by molar-refractivity contribution is -0.117. The number of para-hydroxylation sites is 2. The molecule has 0 radical (unpaired) electrons. The summed E-state index contributed by atoms with van der Waals surface area (Å²) >= 11 is 0. The van der Waals surface area contributed by atoms with E-state index in [2.05, 4.69) is 24.3 Å². The molecule has 0 unspecified atom stereocenters. The lowest BCUT2D eigenvalue weighted by atomic mass is 9.95. The molecule has 4 rings (SSSR count). The van der Waals surface area contributed by atoms with Crippen molar-refractivity contribution < 1.29 is 9.18 Å². The first-order valence-corrected chi connectivity index (χ1v) is 9.32. The van der Waals surface area contributed by atoms with Crippen LogP contribution in [0.5, 0.6) is 0 Å². The fraction of sp³-hybridized carbons (Fsp3) is 0.167. The molecular formula is C24H21FN2O. The molecule has 0 aliphatic carbocycles. The molecule has 0 saturated carbocycles. The molecule has 3 aromatic rings. The first-order valence-electron chi connectivity index (χ1n) is 9.32. The van der Waals surface area contributed by atoms with Gasteiger partial charge in [-0.15, -0.1) is 0 Å². The topological polar surface area (TPSA) is 32.7 Å². The zero-order valence-electron chi connectivity index (χ0n) is 15.9. The van der Waals surface area contributed by atoms with Gasteiger partial charge in [-0.05, 0) is 42.3 Å². The van der Waals surface area contributed by atoms with Crippen LogP contribution in [0.15, 0.2) is 77.8 Å². The van der Waals surface area contributed by atoms with Crippen LogP contribution in [0.4, 0.5) is 15.8 Å². The minimum atomic E-state index is -0.292. The van der Waals surface area contributed by atoms with Crippen LogP contribution in [0.25, 0.3) is 0 Å². The number of hydrogen-bond donors (Lipinski definition) is 0. The second kappa shape index (κ2) is 7.39. The van der Waals surface area contributed by atoms with Gasteiger partial charge in [-0.1, -0.05) is 54.1 Å². The molecule has 0 aromatic heterocycles. The zero-order valence-corrected chi connectivity index (χ0v) is 15.9. The van der Waals surface area contributed by atoms with E-state index in [-0.39, 0.29) is 17.8 Å². The molecule has 0 bridgehead atoms. The molecule has 0 spiro atoms. The first-order chi connectivity index (χ1) is 13.5. The van der Waals surface area contributed by atoms with Gasteiger partial charge in [0.1, 0.15) is 5.82 Å². The van der Waals surface area contributed by atoms with Crippen molar-refractivity contribution in [2.45, 2.75) is 26.3 Å². The van der Waals surface area contributed by atoms with Crippen molar-refractivity contribution >= 4 is 23.0 Å². The van der Waals surface area contributed by atoms with Crippen LogP contribution in [0.2, 0.25) is 0 Å². The minimum Gasteiger partial charge on any atom is -0.303 e. The van der Waals surface area contributed by atoms with Gasteiger partial charge in [0.15, 0.2) is 0 Å². The minimum absolute atomic E-state index is 0.0675. The highest BCUT2D eigenvalue weighted by Gasteiger charge is 2.30. The number of anilines is 1. The van der Waals surface area contributed by atoms with Gasteiger partial charge in [0.25, 0.3) is 0 Å². The van der Waals surface area contributed by atoms with Crippen molar-refractivity contribution in [2.75, 3.05) is 4.90 Å². The predicted molar refractivity (Wildman–Crippen MR) is 111 cm³/mol. The molecule has 140 valence electrons. The number of amides is 1. The highest BCUT2D eigenvalue weighted by atomic mass is 19.1. The van der Waals surface area contributed by atoms with Gasteiger partial charge >= 0.3 is 0 Å². The van der Waals surface area contributed by atoms with Crippen LogP contribution in [0.3, 0.4) is 0 Å². The summed E-state index contributed by atoms with van der Waals surface area (Å²) in [6, 6.07) is 22.0. The van der Waals surface area contributed by atoms with E-state index in [1.165, 1.54) is 17.7 Å². The number of aryl methyl sites for hydroxylation is 1. The van der Waals surface area contributed by atoms with Crippen LogP contribution >= 0.6 is 0 Å². The fourth-order valence-electron chi connectivity index (χ4n) is 3.67. The Labute approximate surface area is 164 Å². The van der Waals surface area contributed by atoms with Gasteiger partial charge in [-0.25, -0.2) is 4.39 Å². The quantitative estimate of drug-likeness (QED) is 0.563. The van der Waals surface area contributed by atoms with E-state index in [1.54, 1.807) is 24.0 Å². The average molecular weight is 372 g/mol. The normalized spacial score (nSPS) is 16.2. The van der Waals surface area contributed by atoms with Gasteiger partial charge in [0.2, 0.25) is 5.91 Å². The third-order valence-corrected chi connectivity index (χ3v) is 5.07. The Morgan fingerprint density at radius 3 is 2.36 bits per heavy atom. The molecule has 4 heteroatoms. The van der Waals surface area contributed by atoms with Crippen LogP contribution in [0.1, 0.15) is 36.1 Å². The molecule has 1 aliphatic rings. The summed E-state index contributed by atoms with van der Waals surface area (Å²) in [5.41, 5.74) is 5.53. The summed E-state index contributed by atoms with van der Waals surface area (Å²) in [7, 11) is 0. The van der Waals surface area contributed by atoms with Crippen molar-refractivity contribution in [3.8, 4) is 0 Å². The molecule has 1 aliphatic heterocycles. The Kier molecular flexibility index (Phi) is 4.78. The summed E-state index contributed by atoms with van der Waals surface area (Å²) in [5, 5.41) is 0. The van der Waals surface area contributed by atoms with Crippen LogP contribution < -0.4 is 4.90 Å². The smallest absolute Gasteiger partial charge is 0.224 e. The largest absolute Gasteiger partial charge is 0.303 e. The zero-order chi connectivity index (χ0) is 19.7. The number of aliphatic imine (C=N–C) groups is 1. The lowest BCUT2D eigenvalue weighted by Gasteiger charge is -2.30. The van der Waals surface area contributed by atoms with Crippen molar-refractivity contribution in [3.63, 3.8) is 0 Å². The number of halogens is 1. The van der Waals surface area contributed by atoms with Crippen LogP contribution in [0, 0.1) is 12.7 Å². The van der Waals surface area contributed by atoms with E-state index in [4.69, 9.17) is 4.99 Å². The number of benzene rings is 3. The first kappa shape index (κ1) is 18.1. The third-order valence-electron chi connectivity index (χ3n) is 5.07. The van der Waals surface area contributed by atoms with Crippen molar-refractivity contribution in [1.29, 1.82) is 0 Å². The molecule has 0 saturated heterocycles. The number of nitrogens with zero attached hydrogens (tertiary/aromatic N) is 2. The maximum atomic E-state index is 13.5. The molecule has 0 fully saturated rings. The summed E-state index contributed by atoms with van der Waals surface area (Å²) in [5.74, 6) is -0.360. The monoisotopic (exact) mass is 372 g/mol. The van der Waals surface area contributed by atoms with Crippen molar-refractivity contribution in [3.05, 3.63) is 95.3 Å². The molecule has 1 amide bonds. The summed E-state index contributed by atoms with van der Waals surface area (Å²) in [6.45, 7) is 3.61. The number of hydrogen-bond acceptors (Lipinski definition) is 2. The van der Waals surface area contributed by atoms with Gasteiger partial charge in [-0.2, -0.15) is 0 Å². The van der Waals surface area contributed by atoms with E-state index < -0.39 is 0 Å². The second-order valence-corrected chi connectivity index (χ2v) is 7.07. The molecule has 0 N–H and O–H groups in total. The van der Waals surface area contributed by atoms with Gasteiger partial charge in [0.05, 0.1) is 23.1 Å². The number of fused-ring (bicyclic) bond motifs is 1. The van der Waals surface area contributed by atoms with Crippen LogP contribution in [-0.4, -0.2) is 11.6 Å². The molecule has 1 heterocycles. The number of carbonyl (C=O) groups is 1. The lowest BCUT2D eigenvalue weighted by Crippen LogP contribution is -2.33. The maximum Gasteiger partial charge on any atom is 0.224 e. The number of rotatable bonds is 2. The van der Waals surface area contributed by atoms with Crippen molar-refractivity contribution in [1.82, 2.24) is 0 Å². The predicted octanol–water partition coefficient (Wildman–Crippen LogP) is 5.75. The average Bonchev–Trinajstić information content (AvgIpc) is 2.86. The van der Waals surface area contributed by atoms with E-state index >= 15 is 0 Å². The van der Waals surface area contributed by atoms with Gasteiger partial charge in [-0.3, -0.25) is 9.79 Å². The van der Waals surface area contributed by atoms with E-state index in [0.29, 0.717) is 6.42 Å². The SMILES string of the molecule is CC(=O)N1c2ccccc2N=C(c2ccc(C)cc2)C[C@H]1c1ccc(F)cc1. The molecular weight excluding hydrogens is 351 g/mol. The highest BCUT2D eigenvalue weighted by Crippen LogP contribution is 2.40. The Balaban J connectivity index is 1.89. The van der Waals surface area contributed by atoms with E-state index in [1.807, 2.05) is 31.2 Å². The Morgan fingerprint density at radius 2 is 1.68 bits per heavy atom. The van der Waals surface area contributed by atoms with E-state index in [9.17, 15) is 9.18 Å². The third kappa shape index (κ3) is 3.46.